The van der Waals surface area contributed by atoms with Gasteiger partial charge in [-0.3, -0.25) is 14.6 Å². The molecule has 5 nitrogen and oxygen atoms in total. The molecule has 0 saturated heterocycles. The van der Waals surface area contributed by atoms with Crippen molar-refractivity contribution in [3.63, 3.8) is 0 Å². The number of rotatable bonds is 6. The van der Waals surface area contributed by atoms with E-state index in [1.54, 1.807) is 37.3 Å². The van der Waals surface area contributed by atoms with Crippen molar-refractivity contribution >= 4 is 23.2 Å². The number of carbonyl (C=O) groups excluding carboxylic acids is 2. The Morgan fingerprint density at radius 2 is 1.75 bits per heavy atom. The highest BCUT2D eigenvalue weighted by Crippen LogP contribution is 2.34. The molecule has 28 heavy (non-hydrogen) atoms. The van der Waals surface area contributed by atoms with Gasteiger partial charge in [0, 0.05) is 17.8 Å². The van der Waals surface area contributed by atoms with Crippen LogP contribution in [-0.4, -0.2) is 21.7 Å². The normalized spacial score (nSPS) is 13.0. The van der Waals surface area contributed by atoms with Crippen molar-refractivity contribution in [3.05, 3.63) is 87.9 Å². The zero-order valence-electron chi connectivity index (χ0n) is 14.9. The molecular formula is C20H17F2N3O2S. The van der Waals surface area contributed by atoms with Gasteiger partial charge in [0.2, 0.25) is 5.91 Å². The summed E-state index contributed by atoms with van der Waals surface area (Å²) in [5.41, 5.74) is 7.66. The number of hydrogen-bond donors (Lipinski definition) is 1. The van der Waals surface area contributed by atoms with Gasteiger partial charge in [-0.05, 0) is 36.8 Å². The number of amides is 2. The minimum atomic E-state index is -1.14. The molecule has 8 heteroatoms. The van der Waals surface area contributed by atoms with Gasteiger partial charge in [-0.25, -0.2) is 8.78 Å². The predicted molar refractivity (Wildman–Crippen MR) is 101 cm³/mol. The van der Waals surface area contributed by atoms with Crippen LogP contribution in [0.1, 0.15) is 39.8 Å². The molecule has 0 bridgehead atoms. The summed E-state index contributed by atoms with van der Waals surface area (Å²) in [6.45, 7) is 1.59. The third kappa shape index (κ3) is 4.07. The average molecular weight is 401 g/mol. The van der Waals surface area contributed by atoms with Gasteiger partial charge in [0.15, 0.2) is 0 Å². The highest BCUT2D eigenvalue weighted by atomic mass is 32.1. The molecule has 2 amide bonds. The number of nitrogens with zero attached hydrogens (tertiary/aromatic N) is 2. The molecule has 0 aliphatic carbocycles. The van der Waals surface area contributed by atoms with E-state index in [2.05, 4.69) is 4.98 Å². The number of primary amides is 1. The molecule has 2 atom stereocenters. The second kappa shape index (κ2) is 8.26. The van der Waals surface area contributed by atoms with E-state index < -0.39 is 35.5 Å². The molecule has 2 aromatic carbocycles. The zero-order chi connectivity index (χ0) is 20.3. The lowest BCUT2D eigenvalue weighted by Gasteiger charge is -2.34. The van der Waals surface area contributed by atoms with Crippen LogP contribution in [0.4, 0.5) is 8.78 Å². The first kappa shape index (κ1) is 19.6. The number of carbonyl (C=O) groups is 2. The van der Waals surface area contributed by atoms with Crippen molar-refractivity contribution in [2.24, 2.45) is 5.73 Å². The van der Waals surface area contributed by atoms with Crippen molar-refractivity contribution in [2.45, 2.75) is 19.0 Å². The summed E-state index contributed by atoms with van der Waals surface area (Å²) in [5.74, 6) is -2.81. The second-order valence-electron chi connectivity index (χ2n) is 6.17. The van der Waals surface area contributed by atoms with Gasteiger partial charge >= 0.3 is 0 Å². The third-order valence-corrected chi connectivity index (χ3v) is 5.14. The molecule has 0 fully saturated rings. The van der Waals surface area contributed by atoms with E-state index >= 15 is 0 Å². The van der Waals surface area contributed by atoms with E-state index in [1.165, 1.54) is 27.9 Å². The molecule has 1 aromatic heterocycles. The molecule has 0 aliphatic heterocycles. The van der Waals surface area contributed by atoms with Crippen molar-refractivity contribution in [3.8, 4) is 0 Å². The van der Waals surface area contributed by atoms with Gasteiger partial charge < -0.3 is 10.6 Å². The molecule has 0 saturated carbocycles. The Bertz CT molecular complexity index is 960. The van der Waals surface area contributed by atoms with E-state index in [-0.39, 0.29) is 5.56 Å². The van der Waals surface area contributed by atoms with Gasteiger partial charge in [0.1, 0.15) is 17.7 Å². The molecule has 144 valence electrons. The topological polar surface area (TPSA) is 76.3 Å². The minimum Gasteiger partial charge on any atom is -0.368 e. The monoisotopic (exact) mass is 401 g/mol. The van der Waals surface area contributed by atoms with E-state index in [0.717, 1.165) is 18.2 Å². The summed E-state index contributed by atoms with van der Waals surface area (Å²) >= 11 is 1.17. The molecule has 0 spiro atoms. The van der Waals surface area contributed by atoms with E-state index in [9.17, 15) is 18.4 Å². The number of halogens is 2. The molecule has 0 radical (unpaired) electrons. The predicted octanol–water partition coefficient (Wildman–Crippen LogP) is 3.85. The summed E-state index contributed by atoms with van der Waals surface area (Å²) in [4.78, 5) is 31.2. The summed E-state index contributed by atoms with van der Waals surface area (Å²) in [7, 11) is 0. The standard InChI is InChI=1S/C20H17F2N3O2S/c1-12(14-7-15(21)9-16(22)8-14)25(20(27)13-5-3-2-4-6-13)18(19(23)26)17-10-24-11-28-17/h2-12,18H,1H3,(H2,23,26)/t12-,18+/m1/s1. The fraction of sp³-hybridized carbons (Fsp3) is 0.150. The maximum atomic E-state index is 13.8. The average Bonchev–Trinajstić information content (AvgIpc) is 3.18. The molecule has 3 aromatic rings. The minimum absolute atomic E-state index is 0.206. The summed E-state index contributed by atoms with van der Waals surface area (Å²) in [6, 6.07) is 9.34. The first-order chi connectivity index (χ1) is 13.4. The SMILES string of the molecule is C[C@H](c1cc(F)cc(F)c1)N(C(=O)c1ccccc1)[C@H](C(N)=O)c1cncs1. The summed E-state index contributed by atoms with van der Waals surface area (Å²) < 4.78 is 27.5. The van der Waals surface area contributed by atoms with Crippen molar-refractivity contribution in [1.29, 1.82) is 0 Å². The molecule has 2 N–H and O–H groups in total. The van der Waals surface area contributed by atoms with Crippen LogP contribution in [0.25, 0.3) is 0 Å². The van der Waals surface area contributed by atoms with E-state index in [0.29, 0.717) is 10.4 Å². The first-order valence-electron chi connectivity index (χ1n) is 8.40. The Kier molecular flexibility index (Phi) is 5.79. The highest BCUT2D eigenvalue weighted by molar-refractivity contribution is 7.09. The van der Waals surface area contributed by atoms with Crippen molar-refractivity contribution in [1.82, 2.24) is 9.88 Å². The maximum absolute atomic E-state index is 13.8. The summed E-state index contributed by atoms with van der Waals surface area (Å²) in [5, 5.41) is 0. The van der Waals surface area contributed by atoms with Crippen LogP contribution in [-0.2, 0) is 4.79 Å². The molecule has 0 unspecified atom stereocenters. The first-order valence-corrected chi connectivity index (χ1v) is 9.28. The van der Waals surface area contributed by atoms with Crippen molar-refractivity contribution in [2.75, 3.05) is 0 Å². The quantitative estimate of drug-likeness (QED) is 0.682. The van der Waals surface area contributed by atoms with Crippen molar-refractivity contribution < 1.29 is 18.4 Å². The van der Waals surface area contributed by atoms with Crippen LogP contribution in [0.3, 0.4) is 0 Å². The van der Waals surface area contributed by atoms with E-state index in [4.69, 9.17) is 5.73 Å². The number of benzene rings is 2. The number of aromatic nitrogens is 1. The lowest BCUT2D eigenvalue weighted by molar-refractivity contribution is -0.123. The summed E-state index contributed by atoms with van der Waals surface area (Å²) in [6.07, 6.45) is 1.45. The maximum Gasteiger partial charge on any atom is 0.255 e. The Morgan fingerprint density at radius 1 is 1.11 bits per heavy atom. The lowest BCUT2D eigenvalue weighted by Crippen LogP contribution is -2.43. The van der Waals surface area contributed by atoms with Gasteiger partial charge in [-0.15, -0.1) is 11.3 Å². The van der Waals surface area contributed by atoms with Crippen LogP contribution in [0.15, 0.2) is 60.2 Å². The number of nitrogens with two attached hydrogens (primary N) is 1. The number of thiazole rings is 1. The van der Waals surface area contributed by atoms with Gasteiger partial charge in [0.05, 0.1) is 16.4 Å². The Labute approximate surface area is 164 Å². The Balaban J connectivity index is 2.13. The van der Waals surface area contributed by atoms with Crippen LogP contribution >= 0.6 is 11.3 Å². The Morgan fingerprint density at radius 3 is 2.29 bits per heavy atom. The smallest absolute Gasteiger partial charge is 0.255 e. The Hall–Kier alpha value is -3.13. The number of hydrogen-bond acceptors (Lipinski definition) is 4. The zero-order valence-corrected chi connectivity index (χ0v) is 15.7. The van der Waals surface area contributed by atoms with Gasteiger partial charge in [0.25, 0.3) is 5.91 Å². The van der Waals surface area contributed by atoms with Crippen LogP contribution in [0.5, 0.6) is 0 Å². The van der Waals surface area contributed by atoms with Crippen LogP contribution < -0.4 is 5.73 Å². The molecular weight excluding hydrogens is 384 g/mol. The van der Waals surface area contributed by atoms with Crippen LogP contribution in [0, 0.1) is 11.6 Å². The fourth-order valence-corrected chi connectivity index (χ4v) is 3.72. The molecule has 0 aliphatic rings. The van der Waals surface area contributed by atoms with Gasteiger partial charge in [-0.1, -0.05) is 18.2 Å². The third-order valence-electron chi connectivity index (χ3n) is 4.31. The second-order valence-corrected chi connectivity index (χ2v) is 7.08. The molecule has 3 rings (SSSR count). The lowest BCUT2D eigenvalue weighted by atomic mass is 10.0. The largest absolute Gasteiger partial charge is 0.368 e. The fourth-order valence-electron chi connectivity index (χ4n) is 3.00. The highest BCUT2D eigenvalue weighted by Gasteiger charge is 2.36. The molecule has 1 heterocycles. The van der Waals surface area contributed by atoms with Gasteiger partial charge in [-0.2, -0.15) is 0 Å². The van der Waals surface area contributed by atoms with Crippen LogP contribution in [0.2, 0.25) is 0 Å². The van der Waals surface area contributed by atoms with E-state index in [1.807, 2.05) is 0 Å².